The van der Waals surface area contributed by atoms with Crippen LogP contribution in [0.1, 0.15) is 40.5 Å². The Kier molecular flexibility index (Phi) is 10.0. The summed E-state index contributed by atoms with van der Waals surface area (Å²) in [4.78, 5) is 0. The zero-order valence-corrected chi connectivity index (χ0v) is 22.9. The molecule has 0 fully saturated rings. The molecule has 0 aromatic heterocycles. The molecule has 0 saturated carbocycles. The zero-order valence-electron chi connectivity index (χ0n) is 17.9. The van der Waals surface area contributed by atoms with Gasteiger partial charge in [0.1, 0.15) is 0 Å². The molecule has 4 heteroatoms. The van der Waals surface area contributed by atoms with Crippen molar-refractivity contribution >= 4 is 18.4 Å². The van der Waals surface area contributed by atoms with Crippen molar-refractivity contribution in [3.63, 3.8) is 0 Å². The molecule has 0 unspecified atom stereocenters. The second kappa shape index (κ2) is 11.1. The minimum atomic E-state index is -2.37. The molecule has 152 valence electrons. The van der Waals surface area contributed by atoms with E-state index in [2.05, 4.69) is 101 Å². The molecule has 2 aromatic rings. The summed E-state index contributed by atoms with van der Waals surface area (Å²) in [6.07, 6.45) is 9.19. The van der Waals surface area contributed by atoms with Gasteiger partial charge >= 0.3 is 26.2 Å². The Labute approximate surface area is 214 Å². The molecule has 0 heterocycles. The van der Waals surface area contributed by atoms with Crippen molar-refractivity contribution in [3.8, 4) is 0 Å². The van der Waals surface area contributed by atoms with Gasteiger partial charge in [-0.2, -0.15) is 21.5 Å². The van der Waals surface area contributed by atoms with Crippen molar-refractivity contribution in [3.05, 3.63) is 106 Å². The monoisotopic (exact) mass is 526 g/mol. The third-order valence-electron chi connectivity index (χ3n) is 6.00. The van der Waals surface area contributed by atoms with Crippen LogP contribution in [0.5, 0.6) is 0 Å². The predicted octanol–water partition coefficient (Wildman–Crippen LogP) is -0.727. The van der Waals surface area contributed by atoms with E-state index in [-0.39, 0.29) is 51.0 Å². The average molecular weight is 529 g/mol. The summed E-state index contributed by atoms with van der Waals surface area (Å²) in [5.41, 5.74) is 5.64. The summed E-state index contributed by atoms with van der Waals surface area (Å²) in [7, 11) is -2.37. The molecule has 2 aliphatic carbocycles. The fraction of sp³-hybridized carbons (Fsp3) is 0.231. The number of benzene rings is 2. The summed E-state index contributed by atoms with van der Waals surface area (Å²) >= 11 is 0. The van der Waals surface area contributed by atoms with Gasteiger partial charge in [0.2, 0.25) is 0 Å². The molecule has 0 spiro atoms. The zero-order chi connectivity index (χ0) is 19.0. The fourth-order valence-corrected chi connectivity index (χ4v) is 10.9. The predicted molar refractivity (Wildman–Crippen MR) is 117 cm³/mol. The Hall–Kier alpha value is -0.920. The van der Waals surface area contributed by atoms with Crippen LogP contribution in [0, 0.1) is 12.2 Å². The van der Waals surface area contributed by atoms with E-state index in [0.29, 0.717) is 0 Å². The van der Waals surface area contributed by atoms with Gasteiger partial charge in [-0.1, -0.05) is 98.7 Å². The first-order chi connectivity index (χ1) is 13.1. The van der Waals surface area contributed by atoms with Crippen molar-refractivity contribution in [1.82, 2.24) is 0 Å². The number of halogens is 2. The van der Waals surface area contributed by atoms with E-state index >= 15 is 0 Å². The van der Waals surface area contributed by atoms with Crippen molar-refractivity contribution in [2.75, 3.05) is 0 Å². The van der Waals surface area contributed by atoms with Crippen molar-refractivity contribution < 1.29 is 51.0 Å². The summed E-state index contributed by atoms with van der Waals surface area (Å²) in [6.45, 7) is 9.13. The van der Waals surface area contributed by atoms with Crippen LogP contribution >= 0.6 is 0 Å². The quantitative estimate of drug-likeness (QED) is 0.363. The summed E-state index contributed by atoms with van der Waals surface area (Å²) < 4.78 is 0. The molecule has 0 nitrogen and oxygen atoms in total. The molecule has 0 amide bonds. The third kappa shape index (κ3) is 4.35. The largest absolute Gasteiger partial charge is 4.00 e. The molecular weight excluding hydrogens is 503 g/mol. The van der Waals surface area contributed by atoms with Gasteiger partial charge in [-0.3, -0.25) is 12.2 Å². The van der Waals surface area contributed by atoms with E-state index in [4.69, 9.17) is 0 Å². The smallest absolute Gasteiger partial charge is 1.00 e. The molecule has 4 rings (SSSR count). The van der Waals surface area contributed by atoms with E-state index in [9.17, 15) is 0 Å². The van der Waals surface area contributed by atoms with Crippen LogP contribution in [0.15, 0.2) is 93.3 Å². The van der Waals surface area contributed by atoms with Crippen molar-refractivity contribution in [2.45, 2.75) is 40.5 Å². The molecule has 0 aliphatic heterocycles. The summed E-state index contributed by atoms with van der Waals surface area (Å²) in [5.74, 6) is 0. The van der Waals surface area contributed by atoms with Gasteiger partial charge in [0.25, 0.3) is 0 Å². The molecule has 0 bridgehead atoms. The van der Waals surface area contributed by atoms with Gasteiger partial charge in [-0.05, 0) is 0 Å². The molecule has 2 aliphatic rings. The average Bonchev–Trinajstić information content (AvgIpc) is 3.21. The van der Waals surface area contributed by atoms with Crippen LogP contribution in [0.4, 0.5) is 0 Å². The van der Waals surface area contributed by atoms with E-state index in [1.807, 2.05) is 0 Å². The number of rotatable bonds is 4. The molecular formula is C26H26Cl2SiZr. The number of allylic oxidation sites excluding steroid dienone is 8. The van der Waals surface area contributed by atoms with E-state index in [1.54, 1.807) is 10.4 Å². The van der Waals surface area contributed by atoms with Crippen molar-refractivity contribution in [2.24, 2.45) is 0 Å². The van der Waals surface area contributed by atoms with Gasteiger partial charge in [0.15, 0.2) is 0 Å². The van der Waals surface area contributed by atoms with Crippen LogP contribution < -0.4 is 35.2 Å². The first kappa shape index (κ1) is 27.1. The van der Waals surface area contributed by atoms with Gasteiger partial charge < -0.3 is 24.8 Å². The van der Waals surface area contributed by atoms with Gasteiger partial charge in [0, 0.05) is 8.07 Å². The van der Waals surface area contributed by atoms with Crippen LogP contribution in [0.25, 0.3) is 0 Å². The first-order valence-corrected chi connectivity index (χ1v) is 11.7. The normalized spacial score (nSPS) is 15.7. The number of hydrogen-bond donors (Lipinski definition) is 0. The molecule has 2 aromatic carbocycles. The van der Waals surface area contributed by atoms with E-state index in [0.717, 1.165) is 12.8 Å². The standard InChI is InChI=1S/C26H26Si.2ClH.Zr/c1-19-15-16-20(2)25(19)27(23-11-7-5-8-12-23,24-13-9-6-10-14-24)26-21(3)17-18-22(26)4;;;/h5-14H,15,17H2,1-4H3;2*1H;/q-2;;;+4/p-2. The minimum absolute atomic E-state index is 0. The van der Waals surface area contributed by atoms with Gasteiger partial charge in [-0.15, -0.1) is 12.8 Å². The molecule has 0 saturated heterocycles. The van der Waals surface area contributed by atoms with E-state index in [1.165, 1.54) is 32.7 Å². The molecule has 0 N–H and O–H groups in total. The Bertz CT molecular complexity index is 918. The fourth-order valence-electron chi connectivity index (χ4n) is 4.97. The first-order valence-electron chi connectivity index (χ1n) is 9.74. The maximum atomic E-state index is 3.64. The van der Waals surface area contributed by atoms with Crippen LogP contribution in [0.2, 0.25) is 0 Å². The Morgan fingerprint density at radius 1 is 0.600 bits per heavy atom. The molecule has 30 heavy (non-hydrogen) atoms. The Balaban J connectivity index is 0.00000150. The third-order valence-corrected chi connectivity index (χ3v) is 11.5. The topological polar surface area (TPSA) is 0 Å². The van der Waals surface area contributed by atoms with Crippen LogP contribution in [0.3, 0.4) is 0 Å². The SMILES string of the molecule is CC1=[C-]CC(C)=C1[Si](C1=C(C)C[C-]=C1C)(c1ccccc1)c1ccccc1.[Cl-].[Cl-].[Zr+4]. The van der Waals surface area contributed by atoms with E-state index < -0.39 is 8.07 Å². The maximum absolute atomic E-state index is 3.64. The summed E-state index contributed by atoms with van der Waals surface area (Å²) in [6, 6.07) is 22.4. The number of hydrogen-bond acceptors (Lipinski definition) is 0. The van der Waals surface area contributed by atoms with Gasteiger partial charge in [-0.25, -0.2) is 11.1 Å². The van der Waals surface area contributed by atoms with Crippen molar-refractivity contribution in [1.29, 1.82) is 0 Å². The maximum Gasteiger partial charge on any atom is 4.00 e. The molecule has 0 radical (unpaired) electrons. The van der Waals surface area contributed by atoms with Crippen LogP contribution in [-0.2, 0) is 26.2 Å². The Morgan fingerprint density at radius 3 is 1.20 bits per heavy atom. The summed E-state index contributed by atoms with van der Waals surface area (Å²) in [5, 5.41) is 6.03. The molecule has 0 atom stereocenters. The van der Waals surface area contributed by atoms with Crippen LogP contribution in [-0.4, -0.2) is 8.07 Å². The Morgan fingerprint density at radius 2 is 0.933 bits per heavy atom. The second-order valence-electron chi connectivity index (χ2n) is 7.75. The van der Waals surface area contributed by atoms with Gasteiger partial charge in [0.05, 0.1) is 0 Å². The second-order valence-corrected chi connectivity index (χ2v) is 11.4. The minimum Gasteiger partial charge on any atom is -1.00 e.